The number of carbonyl (C=O) groups excluding carboxylic acids is 1. The maximum atomic E-state index is 11.8. The molecule has 1 unspecified atom stereocenters. The Bertz CT molecular complexity index is 506. The summed E-state index contributed by atoms with van der Waals surface area (Å²) in [5.41, 5.74) is 5.97. The molecule has 0 aliphatic carbocycles. The zero-order chi connectivity index (χ0) is 13.3. The molecule has 2 N–H and O–H groups in total. The van der Waals surface area contributed by atoms with Crippen LogP contribution in [0.5, 0.6) is 0 Å². The summed E-state index contributed by atoms with van der Waals surface area (Å²) in [7, 11) is 0. The zero-order valence-electron chi connectivity index (χ0n) is 9.51. The number of anilines is 2. The molecule has 7 heteroatoms. The van der Waals surface area contributed by atoms with Crippen molar-refractivity contribution in [3.8, 4) is 0 Å². The minimum atomic E-state index is -0.557. The summed E-state index contributed by atoms with van der Waals surface area (Å²) in [6.45, 7) is 0.452. The molecule has 2 rings (SSSR count). The average molecular weight is 270 g/mol. The Kier molecular flexibility index (Phi) is 3.38. The number of halogens is 1. The van der Waals surface area contributed by atoms with Crippen molar-refractivity contribution >= 4 is 34.6 Å². The van der Waals surface area contributed by atoms with Crippen LogP contribution in [-0.2, 0) is 4.79 Å². The van der Waals surface area contributed by atoms with E-state index < -0.39 is 4.92 Å². The van der Waals surface area contributed by atoms with E-state index in [1.54, 1.807) is 6.07 Å². The Morgan fingerprint density at radius 1 is 1.56 bits per heavy atom. The number of para-hydroxylation sites is 1. The van der Waals surface area contributed by atoms with Gasteiger partial charge in [0, 0.05) is 24.9 Å². The monoisotopic (exact) mass is 269 g/mol. The number of nitro benzene ring substituents is 1. The fraction of sp³-hybridized carbons (Fsp3) is 0.364. The van der Waals surface area contributed by atoms with Gasteiger partial charge in [0.05, 0.1) is 10.6 Å². The van der Waals surface area contributed by atoms with Gasteiger partial charge in [-0.05, 0) is 12.0 Å². The van der Waals surface area contributed by atoms with Crippen LogP contribution in [0.25, 0.3) is 0 Å². The van der Waals surface area contributed by atoms with Gasteiger partial charge in [-0.15, -0.1) is 11.6 Å². The lowest BCUT2D eigenvalue weighted by molar-refractivity contribution is -0.383. The van der Waals surface area contributed by atoms with Crippen LogP contribution in [0, 0.1) is 16.0 Å². The van der Waals surface area contributed by atoms with Crippen molar-refractivity contribution in [2.75, 3.05) is 23.1 Å². The van der Waals surface area contributed by atoms with Gasteiger partial charge in [-0.2, -0.15) is 0 Å². The molecule has 1 atom stereocenters. The number of amides is 1. The molecule has 1 aliphatic rings. The van der Waals surface area contributed by atoms with Gasteiger partial charge in [0.15, 0.2) is 0 Å². The molecule has 1 saturated heterocycles. The highest BCUT2D eigenvalue weighted by Gasteiger charge is 2.32. The van der Waals surface area contributed by atoms with Crippen LogP contribution in [0.3, 0.4) is 0 Å². The Balaban J connectivity index is 2.37. The van der Waals surface area contributed by atoms with Crippen LogP contribution in [0.15, 0.2) is 18.2 Å². The third-order valence-electron chi connectivity index (χ3n) is 2.97. The second-order valence-corrected chi connectivity index (χ2v) is 4.50. The SMILES string of the molecule is Nc1c(N2CC(CCl)CC2=O)cccc1[N+](=O)[O-]. The smallest absolute Gasteiger partial charge is 0.294 e. The van der Waals surface area contributed by atoms with Crippen LogP contribution >= 0.6 is 11.6 Å². The molecule has 1 fully saturated rings. The fourth-order valence-electron chi connectivity index (χ4n) is 2.05. The number of rotatable bonds is 3. The third kappa shape index (κ3) is 2.11. The molecule has 0 aromatic heterocycles. The van der Waals surface area contributed by atoms with Gasteiger partial charge < -0.3 is 10.6 Å². The predicted molar refractivity (Wildman–Crippen MR) is 68.7 cm³/mol. The van der Waals surface area contributed by atoms with Gasteiger partial charge in [-0.3, -0.25) is 14.9 Å². The fourth-order valence-corrected chi connectivity index (χ4v) is 2.26. The number of alkyl halides is 1. The van der Waals surface area contributed by atoms with E-state index in [2.05, 4.69) is 0 Å². The van der Waals surface area contributed by atoms with Crippen molar-refractivity contribution in [3.63, 3.8) is 0 Å². The number of nitro groups is 1. The number of carbonyl (C=O) groups is 1. The molecule has 1 aromatic rings. The molecule has 0 saturated carbocycles. The van der Waals surface area contributed by atoms with Crippen LogP contribution in [0.2, 0.25) is 0 Å². The first kappa shape index (κ1) is 12.6. The maximum Gasteiger partial charge on any atom is 0.294 e. The van der Waals surface area contributed by atoms with Crippen molar-refractivity contribution in [1.82, 2.24) is 0 Å². The predicted octanol–water partition coefficient (Wildman–Crippen LogP) is 1.77. The van der Waals surface area contributed by atoms with E-state index in [0.717, 1.165) is 0 Å². The summed E-state index contributed by atoms with van der Waals surface area (Å²) < 4.78 is 0. The Labute approximate surface area is 108 Å². The van der Waals surface area contributed by atoms with Crippen molar-refractivity contribution in [2.45, 2.75) is 6.42 Å². The first-order chi connectivity index (χ1) is 8.54. The van der Waals surface area contributed by atoms with E-state index in [0.29, 0.717) is 24.5 Å². The first-order valence-corrected chi connectivity index (χ1v) is 5.97. The maximum absolute atomic E-state index is 11.8. The Morgan fingerprint density at radius 3 is 2.83 bits per heavy atom. The number of nitrogens with zero attached hydrogens (tertiary/aromatic N) is 2. The second kappa shape index (κ2) is 4.81. The molecule has 6 nitrogen and oxygen atoms in total. The van der Waals surface area contributed by atoms with Gasteiger partial charge >= 0.3 is 0 Å². The molecule has 1 amide bonds. The summed E-state index contributed by atoms with van der Waals surface area (Å²) in [6, 6.07) is 4.44. The molecule has 96 valence electrons. The molecule has 0 spiro atoms. The summed E-state index contributed by atoms with van der Waals surface area (Å²) in [6.07, 6.45) is 0.353. The lowest BCUT2D eigenvalue weighted by Crippen LogP contribution is -2.25. The van der Waals surface area contributed by atoms with Crippen molar-refractivity contribution in [1.29, 1.82) is 0 Å². The quantitative estimate of drug-likeness (QED) is 0.392. The molecule has 0 bridgehead atoms. The van der Waals surface area contributed by atoms with E-state index in [1.807, 2.05) is 0 Å². The van der Waals surface area contributed by atoms with Crippen LogP contribution in [-0.4, -0.2) is 23.3 Å². The summed E-state index contributed by atoms with van der Waals surface area (Å²) in [5.74, 6) is 0.350. The van der Waals surface area contributed by atoms with E-state index in [1.165, 1.54) is 17.0 Å². The van der Waals surface area contributed by atoms with Gasteiger partial charge in [0.1, 0.15) is 5.69 Å². The standard InChI is InChI=1S/C11H12ClN3O3/c12-5-7-4-10(16)14(6-7)8-2-1-3-9(11(8)13)15(17)18/h1-3,7H,4-6,13H2. The molecular weight excluding hydrogens is 258 g/mol. The Morgan fingerprint density at radius 2 is 2.28 bits per heavy atom. The highest BCUT2D eigenvalue weighted by molar-refractivity contribution is 6.18. The molecule has 0 radical (unpaired) electrons. The topological polar surface area (TPSA) is 89.5 Å². The van der Waals surface area contributed by atoms with Crippen LogP contribution < -0.4 is 10.6 Å². The number of hydrogen-bond donors (Lipinski definition) is 1. The molecule has 1 aliphatic heterocycles. The van der Waals surface area contributed by atoms with Crippen molar-refractivity contribution in [3.05, 3.63) is 28.3 Å². The normalized spacial score (nSPS) is 19.3. The molecule has 1 aromatic carbocycles. The van der Waals surface area contributed by atoms with E-state index >= 15 is 0 Å². The zero-order valence-corrected chi connectivity index (χ0v) is 10.3. The molecule has 1 heterocycles. The summed E-state index contributed by atoms with van der Waals surface area (Å²) >= 11 is 5.73. The van der Waals surface area contributed by atoms with Gasteiger partial charge in [0.2, 0.25) is 5.91 Å². The van der Waals surface area contributed by atoms with E-state index in [9.17, 15) is 14.9 Å². The lowest BCUT2D eigenvalue weighted by Gasteiger charge is -2.18. The third-order valence-corrected chi connectivity index (χ3v) is 3.41. The minimum Gasteiger partial charge on any atom is -0.391 e. The number of nitrogen functional groups attached to an aromatic ring is 1. The summed E-state index contributed by atoms with van der Waals surface area (Å²) in [4.78, 5) is 23.5. The van der Waals surface area contributed by atoms with Gasteiger partial charge in [-0.25, -0.2) is 0 Å². The summed E-state index contributed by atoms with van der Waals surface area (Å²) in [5, 5.41) is 10.8. The largest absolute Gasteiger partial charge is 0.391 e. The Hall–Kier alpha value is -1.82. The minimum absolute atomic E-state index is 0.0195. The van der Waals surface area contributed by atoms with Crippen molar-refractivity contribution in [2.24, 2.45) is 5.92 Å². The first-order valence-electron chi connectivity index (χ1n) is 5.43. The average Bonchev–Trinajstić information content (AvgIpc) is 2.70. The highest BCUT2D eigenvalue weighted by Crippen LogP contribution is 2.35. The lowest BCUT2D eigenvalue weighted by atomic mass is 10.1. The van der Waals surface area contributed by atoms with Crippen LogP contribution in [0.1, 0.15) is 6.42 Å². The highest BCUT2D eigenvalue weighted by atomic mass is 35.5. The number of benzene rings is 1. The number of nitrogens with two attached hydrogens (primary N) is 1. The molecule has 18 heavy (non-hydrogen) atoms. The van der Waals surface area contributed by atoms with Crippen LogP contribution in [0.4, 0.5) is 17.1 Å². The van der Waals surface area contributed by atoms with E-state index in [4.69, 9.17) is 17.3 Å². The van der Waals surface area contributed by atoms with E-state index in [-0.39, 0.29) is 23.2 Å². The molecular formula is C11H12ClN3O3. The van der Waals surface area contributed by atoms with Gasteiger partial charge in [0.25, 0.3) is 5.69 Å². The second-order valence-electron chi connectivity index (χ2n) is 4.20. The van der Waals surface area contributed by atoms with Crippen molar-refractivity contribution < 1.29 is 9.72 Å². The van der Waals surface area contributed by atoms with Gasteiger partial charge in [-0.1, -0.05) is 6.07 Å². The number of hydrogen-bond acceptors (Lipinski definition) is 4.